The monoisotopic (exact) mass is 310 g/mol. The van der Waals surface area contributed by atoms with Crippen molar-refractivity contribution in [2.45, 2.75) is 23.3 Å². The third kappa shape index (κ3) is 3.45. The van der Waals surface area contributed by atoms with Gasteiger partial charge in [0, 0.05) is 4.90 Å². The molecule has 1 atom stereocenters. The highest BCUT2D eigenvalue weighted by atomic mass is 79.9. The lowest BCUT2D eigenvalue weighted by Crippen LogP contribution is -2.04. The van der Waals surface area contributed by atoms with Crippen LogP contribution in [-0.2, 0) is 4.79 Å². The van der Waals surface area contributed by atoms with Crippen LogP contribution in [0.25, 0.3) is 0 Å². The highest BCUT2D eigenvalue weighted by Crippen LogP contribution is 2.32. The molecule has 0 spiro atoms. The first-order chi connectivity index (χ1) is 7.41. The molecule has 0 aliphatic carbocycles. The number of hydrogen-bond acceptors (Lipinski definition) is 3. The van der Waals surface area contributed by atoms with Crippen molar-refractivity contribution in [1.82, 2.24) is 0 Å². The maximum absolute atomic E-state index is 11.9. The number of ketones is 1. The normalized spacial score (nSPS) is 12.6. The fourth-order valence-electron chi connectivity index (χ4n) is 1.13. The molecule has 6 heteroatoms. The van der Waals surface area contributed by atoms with E-state index in [4.69, 9.17) is 0 Å². The molecule has 1 aromatic carbocycles. The maximum Gasteiger partial charge on any atom is 0.387 e. The molecule has 1 unspecified atom stereocenters. The van der Waals surface area contributed by atoms with Crippen molar-refractivity contribution in [2.75, 3.05) is 0 Å². The molecular formula is C10H9BrF2O2S. The van der Waals surface area contributed by atoms with Gasteiger partial charge < -0.3 is 4.74 Å². The van der Waals surface area contributed by atoms with Crippen LogP contribution in [0.15, 0.2) is 23.1 Å². The van der Waals surface area contributed by atoms with Crippen molar-refractivity contribution in [3.63, 3.8) is 0 Å². The van der Waals surface area contributed by atoms with E-state index < -0.39 is 11.4 Å². The van der Waals surface area contributed by atoms with Gasteiger partial charge in [0.1, 0.15) is 11.5 Å². The molecule has 2 nitrogen and oxygen atoms in total. The average molecular weight is 311 g/mol. The number of rotatable bonds is 4. The van der Waals surface area contributed by atoms with Gasteiger partial charge in [-0.3, -0.25) is 4.79 Å². The summed E-state index contributed by atoms with van der Waals surface area (Å²) < 4.78 is 28.1. The average Bonchev–Trinajstić information content (AvgIpc) is 2.15. The van der Waals surface area contributed by atoms with Crippen LogP contribution < -0.4 is 4.74 Å². The molecule has 0 N–H and O–H groups in total. The van der Waals surface area contributed by atoms with E-state index in [9.17, 15) is 13.6 Å². The molecule has 0 fully saturated rings. The standard InChI is InChI=1S/C10H9BrF2O2S/c1-5(14)9(11)7-3-2-6(4-8(7)16)15-10(12)13/h2-4,9-10,16H,1H3. The summed E-state index contributed by atoms with van der Waals surface area (Å²) in [6.07, 6.45) is 0. The van der Waals surface area contributed by atoms with Crippen LogP contribution in [0.3, 0.4) is 0 Å². The van der Waals surface area contributed by atoms with E-state index in [-0.39, 0.29) is 11.5 Å². The number of halogens is 3. The van der Waals surface area contributed by atoms with Crippen LogP contribution in [0.5, 0.6) is 5.75 Å². The van der Waals surface area contributed by atoms with Crippen LogP contribution in [0.4, 0.5) is 8.78 Å². The first kappa shape index (κ1) is 13.4. The first-order valence-electron chi connectivity index (χ1n) is 4.34. The number of benzene rings is 1. The van der Waals surface area contributed by atoms with Gasteiger partial charge in [-0.1, -0.05) is 22.0 Å². The van der Waals surface area contributed by atoms with Gasteiger partial charge in [0.05, 0.1) is 4.83 Å². The van der Waals surface area contributed by atoms with Gasteiger partial charge in [0.2, 0.25) is 0 Å². The van der Waals surface area contributed by atoms with Crippen LogP contribution in [0, 0.1) is 0 Å². The highest BCUT2D eigenvalue weighted by Gasteiger charge is 2.16. The minimum atomic E-state index is -2.87. The van der Waals surface area contributed by atoms with Gasteiger partial charge in [-0.25, -0.2) is 0 Å². The van der Waals surface area contributed by atoms with Crippen molar-refractivity contribution >= 4 is 34.3 Å². The Morgan fingerprint density at radius 3 is 2.56 bits per heavy atom. The van der Waals surface area contributed by atoms with Crippen molar-refractivity contribution in [3.05, 3.63) is 23.8 Å². The zero-order valence-corrected chi connectivity index (χ0v) is 10.8. The molecule has 0 radical (unpaired) electrons. The predicted molar refractivity (Wildman–Crippen MR) is 62.7 cm³/mol. The van der Waals surface area contributed by atoms with E-state index in [0.717, 1.165) is 0 Å². The van der Waals surface area contributed by atoms with E-state index in [1.807, 2.05) is 0 Å². The van der Waals surface area contributed by atoms with Gasteiger partial charge in [-0.05, 0) is 24.6 Å². The number of carbonyl (C=O) groups excluding carboxylic acids is 1. The fraction of sp³-hybridized carbons (Fsp3) is 0.300. The van der Waals surface area contributed by atoms with Crippen LogP contribution in [-0.4, -0.2) is 12.4 Å². The Kier molecular flexibility index (Phi) is 4.73. The molecule has 0 bridgehead atoms. The van der Waals surface area contributed by atoms with E-state index in [1.165, 1.54) is 25.1 Å². The predicted octanol–water partition coefficient (Wildman–Crippen LogP) is 3.60. The van der Waals surface area contributed by atoms with Gasteiger partial charge in [-0.2, -0.15) is 8.78 Å². The van der Waals surface area contributed by atoms with E-state index in [2.05, 4.69) is 33.3 Å². The topological polar surface area (TPSA) is 26.3 Å². The lowest BCUT2D eigenvalue weighted by molar-refractivity contribution is -0.116. The Labute approximate surface area is 106 Å². The highest BCUT2D eigenvalue weighted by molar-refractivity contribution is 9.09. The molecule has 0 aliphatic heterocycles. The second kappa shape index (κ2) is 5.63. The molecule has 0 aromatic heterocycles. The lowest BCUT2D eigenvalue weighted by atomic mass is 10.1. The van der Waals surface area contributed by atoms with E-state index in [1.54, 1.807) is 0 Å². The van der Waals surface area contributed by atoms with E-state index in [0.29, 0.717) is 10.5 Å². The number of carbonyl (C=O) groups is 1. The van der Waals surface area contributed by atoms with Gasteiger partial charge >= 0.3 is 6.61 Å². The Hall–Kier alpha value is -0.620. The number of alkyl halides is 3. The van der Waals surface area contributed by atoms with Crippen molar-refractivity contribution in [1.29, 1.82) is 0 Å². The molecule has 1 aromatic rings. The van der Waals surface area contributed by atoms with Crippen LogP contribution in [0.1, 0.15) is 17.3 Å². The quantitative estimate of drug-likeness (QED) is 0.679. The third-order valence-corrected chi connectivity index (χ3v) is 3.38. The summed E-state index contributed by atoms with van der Waals surface area (Å²) in [4.78, 5) is 11.1. The van der Waals surface area contributed by atoms with E-state index >= 15 is 0 Å². The summed E-state index contributed by atoms with van der Waals surface area (Å²) in [6, 6.07) is 4.25. The SMILES string of the molecule is CC(=O)C(Br)c1ccc(OC(F)F)cc1S. The van der Waals surface area contributed by atoms with Gasteiger partial charge in [0.15, 0.2) is 0 Å². The zero-order chi connectivity index (χ0) is 12.3. The minimum Gasteiger partial charge on any atom is -0.435 e. The summed E-state index contributed by atoms with van der Waals surface area (Å²) in [5, 5.41) is 0. The molecule has 0 saturated carbocycles. The molecule has 0 amide bonds. The van der Waals surface area contributed by atoms with Crippen LogP contribution >= 0.6 is 28.6 Å². The number of thiol groups is 1. The minimum absolute atomic E-state index is 0.0204. The second-order valence-corrected chi connectivity index (χ2v) is 4.47. The molecule has 1 rings (SSSR count). The molecule has 16 heavy (non-hydrogen) atoms. The van der Waals surface area contributed by atoms with Gasteiger partial charge in [-0.15, -0.1) is 12.6 Å². The maximum atomic E-state index is 11.9. The summed E-state index contributed by atoms with van der Waals surface area (Å²) in [5.74, 6) is -0.0650. The number of Topliss-reactive ketones (excluding diaryl/α,β-unsaturated/α-hetero) is 1. The van der Waals surface area contributed by atoms with Crippen molar-refractivity contribution < 1.29 is 18.3 Å². The number of ether oxygens (including phenoxy) is 1. The van der Waals surface area contributed by atoms with Gasteiger partial charge in [0.25, 0.3) is 0 Å². The van der Waals surface area contributed by atoms with Crippen molar-refractivity contribution in [2.24, 2.45) is 0 Å². The molecule has 0 heterocycles. The summed E-state index contributed by atoms with van der Waals surface area (Å²) in [5.41, 5.74) is 0.623. The second-order valence-electron chi connectivity index (χ2n) is 3.07. The summed E-state index contributed by atoms with van der Waals surface area (Å²) in [7, 11) is 0. The molecule has 88 valence electrons. The zero-order valence-electron chi connectivity index (χ0n) is 8.28. The summed E-state index contributed by atoms with van der Waals surface area (Å²) >= 11 is 7.31. The largest absolute Gasteiger partial charge is 0.435 e. The first-order valence-corrected chi connectivity index (χ1v) is 5.70. The Morgan fingerprint density at radius 2 is 2.12 bits per heavy atom. The Balaban J connectivity index is 2.95. The lowest BCUT2D eigenvalue weighted by Gasteiger charge is -2.11. The van der Waals surface area contributed by atoms with Crippen molar-refractivity contribution in [3.8, 4) is 5.75 Å². The Morgan fingerprint density at radius 1 is 1.50 bits per heavy atom. The Bertz CT molecular complexity index is 398. The smallest absolute Gasteiger partial charge is 0.387 e. The summed E-state index contributed by atoms with van der Waals surface area (Å²) in [6.45, 7) is -1.44. The fourth-order valence-corrected chi connectivity index (χ4v) is 2.04. The molecule has 0 aliphatic rings. The van der Waals surface area contributed by atoms with Crippen LogP contribution in [0.2, 0.25) is 0 Å². The molecule has 0 saturated heterocycles. The third-order valence-electron chi connectivity index (χ3n) is 1.86. The number of hydrogen-bond donors (Lipinski definition) is 1. The molecular weight excluding hydrogens is 302 g/mol.